The number of nitrogens with one attached hydrogen (secondary N) is 1. The number of para-hydroxylation sites is 1. The van der Waals surface area contributed by atoms with Gasteiger partial charge in [0.15, 0.2) is 0 Å². The average molecular weight is 276 g/mol. The van der Waals surface area contributed by atoms with E-state index < -0.39 is 0 Å². The molecule has 0 radical (unpaired) electrons. The van der Waals surface area contributed by atoms with Crippen molar-refractivity contribution < 1.29 is 9.53 Å². The number of hydrogen-bond acceptors (Lipinski definition) is 3. The summed E-state index contributed by atoms with van der Waals surface area (Å²) in [5.74, 6) is 1.30. The van der Waals surface area contributed by atoms with Crippen molar-refractivity contribution in [2.45, 2.75) is 38.1 Å². The van der Waals surface area contributed by atoms with Gasteiger partial charge in [-0.2, -0.15) is 0 Å². The second-order valence-corrected chi connectivity index (χ2v) is 5.37. The smallest absolute Gasteiger partial charge is 0.223 e. The van der Waals surface area contributed by atoms with E-state index in [-0.39, 0.29) is 11.9 Å². The Kier molecular flexibility index (Phi) is 5.87. The van der Waals surface area contributed by atoms with Crippen molar-refractivity contribution >= 4 is 5.91 Å². The van der Waals surface area contributed by atoms with Gasteiger partial charge < -0.3 is 15.8 Å². The van der Waals surface area contributed by atoms with Crippen LogP contribution in [0.2, 0.25) is 0 Å². The van der Waals surface area contributed by atoms with E-state index in [0.29, 0.717) is 25.5 Å². The highest BCUT2D eigenvalue weighted by molar-refractivity contribution is 5.76. The van der Waals surface area contributed by atoms with Gasteiger partial charge in [0, 0.05) is 6.04 Å². The molecule has 20 heavy (non-hydrogen) atoms. The molecule has 4 nitrogen and oxygen atoms in total. The van der Waals surface area contributed by atoms with E-state index in [4.69, 9.17) is 10.5 Å². The number of ether oxygens (including phenoxy) is 1. The number of hydrogen-bond donors (Lipinski definition) is 2. The van der Waals surface area contributed by atoms with E-state index in [1.807, 2.05) is 30.3 Å². The molecule has 1 amide bonds. The summed E-state index contributed by atoms with van der Waals surface area (Å²) in [6, 6.07) is 9.81. The predicted octanol–water partition coefficient (Wildman–Crippen LogP) is 2.09. The molecule has 110 valence electrons. The summed E-state index contributed by atoms with van der Waals surface area (Å²) in [7, 11) is 0. The Balaban J connectivity index is 1.69. The van der Waals surface area contributed by atoms with Crippen LogP contribution in [-0.4, -0.2) is 25.1 Å². The van der Waals surface area contributed by atoms with Crippen LogP contribution in [0.4, 0.5) is 0 Å². The standard InChI is InChI=1S/C16H24N2O2/c17-12-13-6-4-5-9-15(13)18-16(19)10-11-20-14-7-2-1-3-8-14/h1-3,7-8,13,15H,4-6,9-12,17H2,(H,18,19). The number of carbonyl (C=O) groups is 1. The van der Waals surface area contributed by atoms with Crippen molar-refractivity contribution in [3.63, 3.8) is 0 Å². The lowest BCUT2D eigenvalue weighted by Gasteiger charge is -2.31. The molecular weight excluding hydrogens is 252 g/mol. The van der Waals surface area contributed by atoms with Crippen LogP contribution in [0.5, 0.6) is 5.75 Å². The molecule has 0 bridgehead atoms. The Morgan fingerprint density at radius 3 is 2.75 bits per heavy atom. The summed E-state index contributed by atoms with van der Waals surface area (Å²) in [5.41, 5.74) is 5.77. The number of amides is 1. The van der Waals surface area contributed by atoms with Crippen LogP contribution in [0.3, 0.4) is 0 Å². The molecule has 1 aromatic carbocycles. The van der Waals surface area contributed by atoms with Gasteiger partial charge in [0.05, 0.1) is 13.0 Å². The summed E-state index contributed by atoms with van der Waals surface area (Å²) in [6.07, 6.45) is 4.98. The maximum Gasteiger partial charge on any atom is 0.223 e. The predicted molar refractivity (Wildman–Crippen MR) is 79.5 cm³/mol. The van der Waals surface area contributed by atoms with Gasteiger partial charge in [-0.1, -0.05) is 31.0 Å². The van der Waals surface area contributed by atoms with E-state index in [0.717, 1.165) is 18.6 Å². The zero-order valence-electron chi connectivity index (χ0n) is 11.9. The monoisotopic (exact) mass is 276 g/mol. The molecule has 2 rings (SSSR count). The van der Waals surface area contributed by atoms with Gasteiger partial charge in [-0.3, -0.25) is 4.79 Å². The highest BCUT2D eigenvalue weighted by atomic mass is 16.5. The largest absolute Gasteiger partial charge is 0.493 e. The second-order valence-electron chi connectivity index (χ2n) is 5.37. The third kappa shape index (κ3) is 4.53. The second kappa shape index (κ2) is 7.90. The number of carbonyl (C=O) groups excluding carboxylic acids is 1. The summed E-state index contributed by atoms with van der Waals surface area (Å²) in [4.78, 5) is 11.9. The molecule has 0 heterocycles. The van der Waals surface area contributed by atoms with Crippen LogP contribution >= 0.6 is 0 Å². The zero-order chi connectivity index (χ0) is 14.2. The quantitative estimate of drug-likeness (QED) is 0.836. The minimum atomic E-state index is 0.0614. The van der Waals surface area contributed by atoms with Gasteiger partial charge in [0.25, 0.3) is 0 Å². The minimum Gasteiger partial charge on any atom is -0.493 e. The first-order valence-electron chi connectivity index (χ1n) is 7.47. The van der Waals surface area contributed by atoms with Gasteiger partial charge in [0.1, 0.15) is 5.75 Å². The Morgan fingerprint density at radius 1 is 1.25 bits per heavy atom. The first-order valence-corrected chi connectivity index (χ1v) is 7.47. The zero-order valence-corrected chi connectivity index (χ0v) is 11.9. The molecule has 1 aromatic rings. The third-order valence-electron chi connectivity index (χ3n) is 3.90. The number of nitrogens with two attached hydrogens (primary N) is 1. The fourth-order valence-electron chi connectivity index (χ4n) is 2.74. The van der Waals surface area contributed by atoms with Crippen molar-refractivity contribution in [2.75, 3.05) is 13.2 Å². The molecule has 3 N–H and O–H groups in total. The van der Waals surface area contributed by atoms with Crippen LogP contribution in [0.1, 0.15) is 32.1 Å². The van der Waals surface area contributed by atoms with Gasteiger partial charge in [-0.15, -0.1) is 0 Å². The van der Waals surface area contributed by atoms with Crippen LogP contribution in [-0.2, 0) is 4.79 Å². The fraction of sp³-hybridized carbons (Fsp3) is 0.562. The molecule has 1 aliphatic carbocycles. The van der Waals surface area contributed by atoms with E-state index in [9.17, 15) is 4.79 Å². The van der Waals surface area contributed by atoms with Gasteiger partial charge in [0.2, 0.25) is 5.91 Å². The van der Waals surface area contributed by atoms with E-state index in [1.165, 1.54) is 12.8 Å². The van der Waals surface area contributed by atoms with Crippen molar-refractivity contribution in [3.05, 3.63) is 30.3 Å². The Labute approximate surface area is 120 Å². The van der Waals surface area contributed by atoms with Crippen molar-refractivity contribution in [2.24, 2.45) is 11.7 Å². The minimum absolute atomic E-state index is 0.0614. The van der Waals surface area contributed by atoms with Crippen molar-refractivity contribution in [3.8, 4) is 5.75 Å². The number of benzene rings is 1. The molecule has 0 aliphatic heterocycles. The van der Waals surface area contributed by atoms with Gasteiger partial charge in [-0.05, 0) is 37.4 Å². The average Bonchev–Trinajstić information content (AvgIpc) is 2.49. The summed E-state index contributed by atoms with van der Waals surface area (Å²) in [6.45, 7) is 1.07. The Bertz CT molecular complexity index is 408. The molecule has 1 saturated carbocycles. The van der Waals surface area contributed by atoms with E-state index in [2.05, 4.69) is 5.32 Å². The normalized spacial score (nSPS) is 22.2. The van der Waals surface area contributed by atoms with Crippen molar-refractivity contribution in [1.82, 2.24) is 5.32 Å². The lowest BCUT2D eigenvalue weighted by molar-refractivity contribution is -0.122. The number of rotatable bonds is 6. The summed E-state index contributed by atoms with van der Waals surface area (Å²) in [5, 5.41) is 3.11. The molecule has 0 saturated heterocycles. The molecule has 4 heteroatoms. The molecule has 0 aromatic heterocycles. The molecule has 2 unspecified atom stereocenters. The SMILES string of the molecule is NCC1CCCCC1NC(=O)CCOc1ccccc1. The van der Waals surface area contributed by atoms with Crippen LogP contribution in [0.25, 0.3) is 0 Å². The summed E-state index contributed by atoms with van der Waals surface area (Å²) < 4.78 is 5.53. The lowest BCUT2D eigenvalue weighted by Crippen LogP contribution is -2.45. The maximum atomic E-state index is 11.9. The third-order valence-corrected chi connectivity index (χ3v) is 3.90. The fourth-order valence-corrected chi connectivity index (χ4v) is 2.74. The van der Waals surface area contributed by atoms with Crippen LogP contribution in [0.15, 0.2) is 30.3 Å². The first kappa shape index (κ1) is 14.9. The first-order chi connectivity index (χ1) is 9.79. The Morgan fingerprint density at radius 2 is 2.00 bits per heavy atom. The van der Waals surface area contributed by atoms with Crippen molar-refractivity contribution in [1.29, 1.82) is 0 Å². The molecule has 1 aliphatic rings. The molecule has 0 spiro atoms. The van der Waals surface area contributed by atoms with Crippen LogP contribution in [0, 0.1) is 5.92 Å². The highest BCUT2D eigenvalue weighted by Gasteiger charge is 2.24. The highest BCUT2D eigenvalue weighted by Crippen LogP contribution is 2.23. The van der Waals surface area contributed by atoms with Crippen LogP contribution < -0.4 is 15.8 Å². The lowest BCUT2D eigenvalue weighted by atomic mass is 9.84. The Hall–Kier alpha value is -1.55. The molecule has 2 atom stereocenters. The molecule has 1 fully saturated rings. The van der Waals surface area contributed by atoms with Gasteiger partial charge >= 0.3 is 0 Å². The summed E-state index contributed by atoms with van der Waals surface area (Å²) >= 11 is 0. The molecular formula is C16H24N2O2. The van der Waals surface area contributed by atoms with Gasteiger partial charge in [-0.25, -0.2) is 0 Å². The van der Waals surface area contributed by atoms with E-state index >= 15 is 0 Å². The topological polar surface area (TPSA) is 64.3 Å². The van der Waals surface area contributed by atoms with E-state index in [1.54, 1.807) is 0 Å². The maximum absolute atomic E-state index is 11.9.